The fraction of sp³-hybridized carbons (Fsp3) is 0.333. The third kappa shape index (κ3) is 2.97. The number of aromatic nitrogens is 1. The lowest BCUT2D eigenvalue weighted by molar-refractivity contribution is -0.141. The van der Waals surface area contributed by atoms with E-state index in [1.165, 1.54) is 7.11 Å². The van der Waals surface area contributed by atoms with Crippen molar-refractivity contribution in [2.24, 2.45) is 5.73 Å². The second-order valence-corrected chi connectivity index (χ2v) is 3.16. The highest BCUT2D eigenvalue weighted by Crippen LogP contribution is 2.14. The largest absolute Gasteiger partial charge is 0.469 e. The van der Waals surface area contributed by atoms with E-state index in [4.69, 9.17) is 17.3 Å². The number of pyridine rings is 1. The Kier molecular flexibility index (Phi) is 3.85. The standard InChI is InChI=1S/C9H11ClN2O2/c1-14-9(13)5-6(11)7-3-2-4-8(10)12-7/h2-4,6H,5,11H2,1H3/t6-/m0/s1. The number of halogens is 1. The molecule has 1 atom stereocenters. The molecule has 1 rings (SSSR count). The number of carbonyl (C=O) groups is 1. The van der Waals surface area contributed by atoms with Crippen LogP contribution in [0.2, 0.25) is 5.15 Å². The Balaban J connectivity index is 2.69. The van der Waals surface area contributed by atoms with Crippen LogP contribution in [0.1, 0.15) is 18.2 Å². The Bertz CT molecular complexity index is 330. The van der Waals surface area contributed by atoms with Crippen molar-refractivity contribution < 1.29 is 9.53 Å². The van der Waals surface area contributed by atoms with Crippen molar-refractivity contribution in [3.05, 3.63) is 29.0 Å². The Hall–Kier alpha value is -1.13. The van der Waals surface area contributed by atoms with Gasteiger partial charge in [0.1, 0.15) is 5.15 Å². The van der Waals surface area contributed by atoms with E-state index in [1.54, 1.807) is 18.2 Å². The third-order valence-electron chi connectivity index (χ3n) is 1.73. The maximum atomic E-state index is 10.9. The molecule has 0 fully saturated rings. The summed E-state index contributed by atoms with van der Waals surface area (Å²) in [5, 5.41) is 0.364. The van der Waals surface area contributed by atoms with Gasteiger partial charge in [0.2, 0.25) is 0 Å². The van der Waals surface area contributed by atoms with Gasteiger partial charge in [-0.2, -0.15) is 0 Å². The summed E-state index contributed by atoms with van der Waals surface area (Å²) in [6.45, 7) is 0. The molecule has 0 aliphatic carbocycles. The molecule has 0 saturated carbocycles. The minimum atomic E-state index is -0.471. The zero-order chi connectivity index (χ0) is 10.6. The highest BCUT2D eigenvalue weighted by atomic mass is 35.5. The van der Waals surface area contributed by atoms with Crippen LogP contribution in [0.5, 0.6) is 0 Å². The van der Waals surface area contributed by atoms with Gasteiger partial charge >= 0.3 is 5.97 Å². The van der Waals surface area contributed by atoms with Crippen molar-refractivity contribution in [2.45, 2.75) is 12.5 Å². The molecule has 4 nitrogen and oxygen atoms in total. The molecule has 0 aliphatic heterocycles. The molecule has 1 aromatic heterocycles. The van der Waals surface area contributed by atoms with E-state index in [0.717, 1.165) is 0 Å². The molecule has 0 aliphatic rings. The first-order chi connectivity index (χ1) is 6.63. The predicted octanol–water partition coefficient (Wildman–Crippen LogP) is 1.30. The Morgan fingerprint density at radius 1 is 1.71 bits per heavy atom. The number of carbonyl (C=O) groups excluding carboxylic acids is 1. The van der Waals surface area contributed by atoms with Crippen molar-refractivity contribution in [1.82, 2.24) is 4.98 Å². The van der Waals surface area contributed by atoms with Crippen LogP contribution in [-0.2, 0) is 9.53 Å². The van der Waals surface area contributed by atoms with Crippen LogP contribution in [0, 0.1) is 0 Å². The summed E-state index contributed by atoms with van der Waals surface area (Å²) in [5.41, 5.74) is 6.30. The summed E-state index contributed by atoms with van der Waals surface area (Å²) >= 11 is 5.68. The first-order valence-electron chi connectivity index (χ1n) is 4.08. The van der Waals surface area contributed by atoms with Gasteiger partial charge in [0.15, 0.2) is 0 Å². The molecular formula is C9H11ClN2O2. The van der Waals surface area contributed by atoms with Gasteiger partial charge in [0, 0.05) is 0 Å². The smallest absolute Gasteiger partial charge is 0.307 e. The van der Waals surface area contributed by atoms with Crippen LogP contribution in [0.4, 0.5) is 0 Å². The van der Waals surface area contributed by atoms with Crippen molar-refractivity contribution in [3.63, 3.8) is 0 Å². The SMILES string of the molecule is COC(=O)C[C@H](N)c1cccc(Cl)n1. The quantitative estimate of drug-likeness (QED) is 0.609. The van der Waals surface area contributed by atoms with Gasteiger partial charge in [-0.25, -0.2) is 4.98 Å². The van der Waals surface area contributed by atoms with Gasteiger partial charge in [-0.15, -0.1) is 0 Å². The molecule has 0 saturated heterocycles. The lowest BCUT2D eigenvalue weighted by atomic mass is 10.1. The van der Waals surface area contributed by atoms with Crippen LogP contribution in [0.3, 0.4) is 0 Å². The molecule has 0 amide bonds. The van der Waals surface area contributed by atoms with E-state index < -0.39 is 6.04 Å². The molecule has 0 bridgehead atoms. The lowest BCUT2D eigenvalue weighted by Gasteiger charge is -2.09. The number of hydrogen-bond donors (Lipinski definition) is 1. The number of ether oxygens (including phenoxy) is 1. The molecule has 2 N–H and O–H groups in total. The molecule has 0 radical (unpaired) electrons. The maximum Gasteiger partial charge on any atom is 0.307 e. The van der Waals surface area contributed by atoms with Crippen LogP contribution in [0.25, 0.3) is 0 Å². The van der Waals surface area contributed by atoms with E-state index in [2.05, 4.69) is 9.72 Å². The van der Waals surface area contributed by atoms with Gasteiger partial charge in [-0.05, 0) is 12.1 Å². The minimum Gasteiger partial charge on any atom is -0.469 e. The fourth-order valence-electron chi connectivity index (χ4n) is 0.998. The summed E-state index contributed by atoms with van der Waals surface area (Å²) in [7, 11) is 1.32. The molecular weight excluding hydrogens is 204 g/mol. The van der Waals surface area contributed by atoms with E-state index in [0.29, 0.717) is 10.8 Å². The van der Waals surface area contributed by atoms with Gasteiger partial charge in [0.05, 0.1) is 25.3 Å². The number of nitrogens with two attached hydrogens (primary N) is 1. The van der Waals surface area contributed by atoms with E-state index in [1.807, 2.05) is 0 Å². The van der Waals surface area contributed by atoms with Gasteiger partial charge in [-0.1, -0.05) is 17.7 Å². The van der Waals surface area contributed by atoms with E-state index in [-0.39, 0.29) is 12.4 Å². The maximum absolute atomic E-state index is 10.9. The molecule has 14 heavy (non-hydrogen) atoms. The third-order valence-corrected chi connectivity index (χ3v) is 1.94. The summed E-state index contributed by atoms with van der Waals surface area (Å²) in [6, 6.07) is 4.64. The van der Waals surface area contributed by atoms with Crippen LogP contribution in [-0.4, -0.2) is 18.1 Å². The average Bonchev–Trinajstić information content (AvgIpc) is 2.17. The lowest BCUT2D eigenvalue weighted by Crippen LogP contribution is -2.17. The first kappa shape index (κ1) is 10.9. The van der Waals surface area contributed by atoms with Crippen LogP contribution >= 0.6 is 11.6 Å². The van der Waals surface area contributed by atoms with Gasteiger partial charge < -0.3 is 10.5 Å². The number of rotatable bonds is 3. The number of methoxy groups -OCH3 is 1. The Morgan fingerprint density at radius 2 is 2.43 bits per heavy atom. The fourth-order valence-corrected chi connectivity index (χ4v) is 1.17. The van der Waals surface area contributed by atoms with Crippen molar-refractivity contribution in [1.29, 1.82) is 0 Å². The molecule has 1 heterocycles. The second-order valence-electron chi connectivity index (χ2n) is 2.77. The first-order valence-corrected chi connectivity index (χ1v) is 4.46. The molecule has 0 unspecified atom stereocenters. The normalized spacial score (nSPS) is 12.2. The average molecular weight is 215 g/mol. The highest BCUT2D eigenvalue weighted by Gasteiger charge is 2.12. The zero-order valence-electron chi connectivity index (χ0n) is 7.74. The van der Waals surface area contributed by atoms with Crippen molar-refractivity contribution in [3.8, 4) is 0 Å². The summed E-state index contributed by atoms with van der Waals surface area (Å²) in [6.07, 6.45) is 0.101. The van der Waals surface area contributed by atoms with Crippen molar-refractivity contribution >= 4 is 17.6 Å². The summed E-state index contributed by atoms with van der Waals surface area (Å²) in [5.74, 6) is -0.362. The van der Waals surface area contributed by atoms with Gasteiger partial charge in [0.25, 0.3) is 0 Å². The van der Waals surface area contributed by atoms with E-state index >= 15 is 0 Å². The van der Waals surface area contributed by atoms with Gasteiger partial charge in [-0.3, -0.25) is 4.79 Å². The summed E-state index contributed by atoms with van der Waals surface area (Å²) < 4.78 is 4.49. The Morgan fingerprint density at radius 3 is 3.00 bits per heavy atom. The topological polar surface area (TPSA) is 65.2 Å². The minimum absolute atomic E-state index is 0.101. The van der Waals surface area contributed by atoms with E-state index in [9.17, 15) is 4.79 Å². The summed E-state index contributed by atoms with van der Waals surface area (Å²) in [4.78, 5) is 14.9. The number of hydrogen-bond acceptors (Lipinski definition) is 4. The second kappa shape index (κ2) is 4.93. The molecule has 0 aromatic carbocycles. The molecule has 1 aromatic rings. The van der Waals surface area contributed by atoms with Crippen LogP contribution < -0.4 is 5.73 Å². The molecule has 76 valence electrons. The molecule has 5 heteroatoms. The number of esters is 1. The zero-order valence-corrected chi connectivity index (χ0v) is 8.49. The van der Waals surface area contributed by atoms with Crippen LogP contribution in [0.15, 0.2) is 18.2 Å². The number of nitrogens with zero attached hydrogens (tertiary/aromatic N) is 1. The monoisotopic (exact) mass is 214 g/mol. The predicted molar refractivity (Wildman–Crippen MR) is 52.8 cm³/mol. The highest BCUT2D eigenvalue weighted by molar-refractivity contribution is 6.29. The van der Waals surface area contributed by atoms with Crippen molar-refractivity contribution in [2.75, 3.05) is 7.11 Å². The Labute approximate surface area is 87.0 Å². The molecule has 0 spiro atoms.